The molecule has 0 saturated carbocycles. The highest BCUT2D eigenvalue weighted by atomic mass is 32.2. The normalized spacial score (nSPS) is 11.8. The average Bonchev–Trinajstić information content (AvgIpc) is 2.66. The van der Waals surface area contributed by atoms with Crippen molar-refractivity contribution < 1.29 is 22.7 Å². The van der Waals surface area contributed by atoms with Gasteiger partial charge in [0.15, 0.2) is 6.10 Å². The number of sulfonamides is 1. The Morgan fingerprint density at radius 3 is 2.52 bits per heavy atom. The molecule has 9 heteroatoms. The van der Waals surface area contributed by atoms with Crippen molar-refractivity contribution in [3.8, 4) is 6.07 Å². The number of nitrogens with zero attached hydrogens (tertiary/aromatic N) is 2. The first kappa shape index (κ1) is 21.9. The van der Waals surface area contributed by atoms with Gasteiger partial charge in [0.05, 0.1) is 23.6 Å². The lowest BCUT2D eigenvalue weighted by Gasteiger charge is -2.24. The van der Waals surface area contributed by atoms with Gasteiger partial charge in [-0.1, -0.05) is 24.3 Å². The second-order valence-electron chi connectivity index (χ2n) is 6.37. The van der Waals surface area contributed by atoms with Crippen molar-refractivity contribution in [3.05, 3.63) is 59.7 Å². The number of hydrogen-bond donors (Lipinski definition) is 1. The van der Waals surface area contributed by atoms with Crippen LogP contribution in [0.4, 0.5) is 11.4 Å². The maximum atomic E-state index is 12.3. The lowest BCUT2D eigenvalue weighted by molar-refractivity contribution is -0.151. The van der Waals surface area contributed by atoms with E-state index >= 15 is 0 Å². The molecular formula is C20H21N3O5S. The van der Waals surface area contributed by atoms with E-state index in [-0.39, 0.29) is 0 Å². The molecule has 1 atom stereocenters. The van der Waals surface area contributed by atoms with E-state index in [9.17, 15) is 18.0 Å². The lowest BCUT2D eigenvalue weighted by Crippen LogP contribution is -2.39. The van der Waals surface area contributed by atoms with Gasteiger partial charge in [-0.3, -0.25) is 13.9 Å². The van der Waals surface area contributed by atoms with E-state index in [0.717, 1.165) is 10.6 Å². The van der Waals surface area contributed by atoms with Gasteiger partial charge in [0.25, 0.3) is 5.91 Å². The zero-order valence-electron chi connectivity index (χ0n) is 16.2. The number of nitrogens with one attached hydrogen (secondary N) is 1. The third-order valence-electron chi connectivity index (χ3n) is 3.99. The van der Waals surface area contributed by atoms with Crippen molar-refractivity contribution in [2.24, 2.45) is 0 Å². The van der Waals surface area contributed by atoms with Crippen LogP contribution in [0.25, 0.3) is 0 Å². The molecule has 1 N–H and O–H groups in total. The standard InChI is InChI=1S/C20H21N3O5S/c1-14-7-4-5-10-18(14)23(29(3,26)27)13-19(24)28-15(2)20(25)22-17-9-6-8-16(11-17)12-21/h4-11,15H,13H2,1-3H3,(H,22,25)/t15-/m0/s1. The monoisotopic (exact) mass is 415 g/mol. The van der Waals surface area contributed by atoms with E-state index in [0.29, 0.717) is 22.5 Å². The number of ether oxygens (including phenoxy) is 1. The van der Waals surface area contributed by atoms with E-state index in [1.54, 1.807) is 49.4 Å². The van der Waals surface area contributed by atoms with Crippen LogP contribution in [-0.4, -0.2) is 39.2 Å². The molecule has 0 bridgehead atoms. The Balaban J connectivity index is 2.06. The van der Waals surface area contributed by atoms with Crippen LogP contribution in [-0.2, 0) is 24.3 Å². The molecule has 0 heterocycles. The minimum atomic E-state index is -3.75. The van der Waals surface area contributed by atoms with Gasteiger partial charge in [0.2, 0.25) is 10.0 Å². The summed E-state index contributed by atoms with van der Waals surface area (Å²) in [5.41, 5.74) is 1.79. The number of carbonyl (C=O) groups excluding carboxylic acids is 2. The number of amides is 1. The van der Waals surface area contributed by atoms with E-state index in [2.05, 4.69) is 5.32 Å². The predicted octanol–water partition coefficient (Wildman–Crippen LogP) is 2.20. The summed E-state index contributed by atoms with van der Waals surface area (Å²) >= 11 is 0. The summed E-state index contributed by atoms with van der Waals surface area (Å²) in [4.78, 5) is 24.6. The molecule has 0 radical (unpaired) electrons. The highest BCUT2D eigenvalue weighted by Gasteiger charge is 2.25. The fraction of sp³-hybridized carbons (Fsp3) is 0.250. The number of aryl methyl sites for hydroxylation is 1. The largest absolute Gasteiger partial charge is 0.451 e. The molecule has 2 rings (SSSR count). The van der Waals surface area contributed by atoms with Gasteiger partial charge in [0, 0.05) is 5.69 Å². The summed E-state index contributed by atoms with van der Waals surface area (Å²) in [5.74, 6) is -1.47. The Labute approximate surface area is 169 Å². The van der Waals surface area contributed by atoms with Gasteiger partial charge >= 0.3 is 5.97 Å². The first-order valence-electron chi connectivity index (χ1n) is 8.65. The summed E-state index contributed by atoms with van der Waals surface area (Å²) in [6.07, 6.45) is -0.170. The Bertz CT molecular complexity index is 1060. The molecule has 0 fully saturated rings. The predicted molar refractivity (Wildman–Crippen MR) is 109 cm³/mol. The van der Waals surface area contributed by atoms with Crippen LogP contribution in [0.2, 0.25) is 0 Å². The lowest BCUT2D eigenvalue weighted by atomic mass is 10.2. The number of para-hydroxylation sites is 1. The molecule has 2 aromatic carbocycles. The number of rotatable bonds is 7. The zero-order valence-corrected chi connectivity index (χ0v) is 17.1. The minimum Gasteiger partial charge on any atom is -0.451 e. The Morgan fingerprint density at radius 2 is 1.90 bits per heavy atom. The van der Waals surface area contributed by atoms with Crippen molar-refractivity contribution >= 4 is 33.3 Å². The van der Waals surface area contributed by atoms with E-state index in [1.807, 2.05) is 6.07 Å². The third-order valence-corrected chi connectivity index (χ3v) is 5.12. The molecule has 29 heavy (non-hydrogen) atoms. The number of anilines is 2. The smallest absolute Gasteiger partial charge is 0.327 e. The van der Waals surface area contributed by atoms with Gasteiger partial charge in [-0.25, -0.2) is 8.42 Å². The Morgan fingerprint density at radius 1 is 1.21 bits per heavy atom. The quantitative estimate of drug-likeness (QED) is 0.693. The number of carbonyl (C=O) groups is 2. The van der Waals surface area contributed by atoms with Crippen molar-refractivity contribution in [2.45, 2.75) is 20.0 Å². The van der Waals surface area contributed by atoms with Crippen molar-refractivity contribution in [2.75, 3.05) is 22.4 Å². The topological polar surface area (TPSA) is 117 Å². The molecule has 0 unspecified atom stereocenters. The van der Waals surface area contributed by atoms with E-state index in [4.69, 9.17) is 10.00 Å². The molecule has 0 saturated heterocycles. The van der Waals surface area contributed by atoms with Crippen LogP contribution in [0.1, 0.15) is 18.1 Å². The molecule has 0 aromatic heterocycles. The van der Waals surface area contributed by atoms with Crippen LogP contribution in [0.3, 0.4) is 0 Å². The highest BCUT2D eigenvalue weighted by molar-refractivity contribution is 7.92. The molecule has 152 valence electrons. The maximum absolute atomic E-state index is 12.3. The van der Waals surface area contributed by atoms with Crippen LogP contribution in [0, 0.1) is 18.3 Å². The molecule has 0 aliphatic carbocycles. The number of nitriles is 1. The fourth-order valence-electron chi connectivity index (χ4n) is 2.54. The molecule has 1 amide bonds. The van der Waals surface area contributed by atoms with Crippen molar-refractivity contribution in [3.63, 3.8) is 0 Å². The molecule has 2 aromatic rings. The third kappa shape index (κ3) is 6.05. The Hall–Kier alpha value is -3.38. The first-order valence-corrected chi connectivity index (χ1v) is 10.5. The van der Waals surface area contributed by atoms with Gasteiger partial charge in [0.1, 0.15) is 6.54 Å². The highest BCUT2D eigenvalue weighted by Crippen LogP contribution is 2.22. The van der Waals surface area contributed by atoms with Crippen molar-refractivity contribution in [1.82, 2.24) is 0 Å². The van der Waals surface area contributed by atoms with Crippen LogP contribution in [0.5, 0.6) is 0 Å². The molecule has 0 spiro atoms. The van der Waals surface area contributed by atoms with Gasteiger partial charge in [-0.15, -0.1) is 0 Å². The first-order chi connectivity index (χ1) is 13.6. The molecule has 0 aliphatic rings. The van der Waals surface area contributed by atoms with E-state index < -0.39 is 34.5 Å². The zero-order chi connectivity index (χ0) is 21.6. The van der Waals surface area contributed by atoms with Crippen LogP contribution in [0.15, 0.2) is 48.5 Å². The Kier molecular flexibility index (Phi) is 6.96. The molecular weight excluding hydrogens is 394 g/mol. The summed E-state index contributed by atoms with van der Waals surface area (Å²) < 4.78 is 30.3. The second-order valence-corrected chi connectivity index (χ2v) is 8.28. The summed E-state index contributed by atoms with van der Waals surface area (Å²) in [5, 5.41) is 11.4. The summed E-state index contributed by atoms with van der Waals surface area (Å²) in [6, 6.07) is 15.0. The van der Waals surface area contributed by atoms with Crippen molar-refractivity contribution in [1.29, 1.82) is 5.26 Å². The summed E-state index contributed by atoms with van der Waals surface area (Å²) in [7, 11) is -3.75. The van der Waals surface area contributed by atoms with Gasteiger partial charge < -0.3 is 10.1 Å². The molecule has 0 aliphatic heterocycles. The number of benzene rings is 2. The van der Waals surface area contributed by atoms with E-state index in [1.165, 1.54) is 13.0 Å². The van der Waals surface area contributed by atoms with Crippen LogP contribution < -0.4 is 9.62 Å². The van der Waals surface area contributed by atoms with Crippen LogP contribution >= 0.6 is 0 Å². The second kappa shape index (κ2) is 9.21. The minimum absolute atomic E-state index is 0.359. The molecule has 8 nitrogen and oxygen atoms in total. The van der Waals surface area contributed by atoms with Gasteiger partial charge in [-0.05, 0) is 43.7 Å². The summed E-state index contributed by atoms with van der Waals surface area (Å²) in [6.45, 7) is 2.54. The van der Waals surface area contributed by atoms with Gasteiger partial charge in [-0.2, -0.15) is 5.26 Å². The maximum Gasteiger partial charge on any atom is 0.327 e. The average molecular weight is 415 g/mol. The number of esters is 1. The SMILES string of the molecule is Cc1ccccc1N(CC(=O)O[C@@H](C)C(=O)Nc1cccc(C#N)c1)S(C)(=O)=O. The number of hydrogen-bond acceptors (Lipinski definition) is 6. The fourth-order valence-corrected chi connectivity index (χ4v) is 3.44.